The minimum Gasteiger partial charge on any atom is -0.378 e. The van der Waals surface area contributed by atoms with E-state index in [2.05, 4.69) is 15.6 Å². The number of pyridine rings is 1. The minimum atomic E-state index is -0.238. The Hall–Kier alpha value is -4.83. The lowest BCUT2D eigenvalue weighted by molar-refractivity contribution is -0.127. The topological polar surface area (TPSA) is 109 Å². The number of nitrogens with one attached hydrogen (secondary N) is 2. The van der Waals surface area contributed by atoms with E-state index in [0.717, 1.165) is 41.0 Å². The summed E-state index contributed by atoms with van der Waals surface area (Å²) in [6.07, 6.45) is 5.71. The van der Waals surface area contributed by atoms with Crippen molar-refractivity contribution in [3.05, 3.63) is 95.6 Å². The molecule has 4 heterocycles. The molecule has 212 valence electrons. The third-order valence-corrected chi connectivity index (χ3v) is 8.43. The Balaban J connectivity index is 1.22. The number of hydrogen-bond donors (Lipinski definition) is 2. The normalized spacial score (nSPS) is 13.0. The number of fused-ring (bicyclic) bond motifs is 1. The van der Waals surface area contributed by atoms with Gasteiger partial charge >= 0.3 is 0 Å². The van der Waals surface area contributed by atoms with Crippen molar-refractivity contribution in [3.63, 3.8) is 0 Å². The van der Waals surface area contributed by atoms with E-state index in [1.807, 2.05) is 70.1 Å². The molecule has 0 radical (unpaired) electrons. The number of aromatic nitrogens is 3. The number of nitrogens with zero attached hydrogens (tertiary/aromatic N) is 4. The number of carbonyl (C=O) groups excluding carboxylic acids is 3. The van der Waals surface area contributed by atoms with E-state index >= 15 is 0 Å². The fraction of sp³-hybridized carbons (Fsp3) is 0.219. The molecule has 0 atom stereocenters. The summed E-state index contributed by atoms with van der Waals surface area (Å²) < 4.78 is 1.99. The van der Waals surface area contributed by atoms with E-state index in [1.165, 1.54) is 11.3 Å². The second-order valence-electron chi connectivity index (χ2n) is 10.1. The van der Waals surface area contributed by atoms with Crippen LogP contribution in [0.1, 0.15) is 39.3 Å². The highest BCUT2D eigenvalue weighted by molar-refractivity contribution is 7.17. The summed E-state index contributed by atoms with van der Waals surface area (Å²) in [5.41, 5.74) is 3.98. The van der Waals surface area contributed by atoms with E-state index < -0.39 is 0 Å². The monoisotopic (exact) mass is 578 g/mol. The number of hydrogen-bond acceptors (Lipinski definition) is 7. The van der Waals surface area contributed by atoms with Gasteiger partial charge in [0.05, 0.1) is 22.5 Å². The average Bonchev–Trinajstić information content (AvgIpc) is 3.76. The minimum absolute atomic E-state index is 0.00674. The summed E-state index contributed by atoms with van der Waals surface area (Å²) in [5, 5.41) is 6.22. The number of carbonyl (C=O) groups is 3. The molecule has 2 N–H and O–H groups in total. The van der Waals surface area contributed by atoms with Crippen molar-refractivity contribution in [2.75, 3.05) is 30.3 Å². The van der Waals surface area contributed by atoms with Crippen LogP contribution in [0.5, 0.6) is 0 Å². The van der Waals surface area contributed by atoms with Gasteiger partial charge in [0.15, 0.2) is 5.78 Å². The lowest BCUT2D eigenvalue weighted by Gasteiger charge is -2.16. The smallest absolute Gasteiger partial charge is 0.268 e. The number of Topliss-reactive ketones (excluding diaryl/α,β-unsaturated/α-hetero) is 1. The number of ketones is 1. The zero-order chi connectivity index (χ0) is 28.9. The number of benzene rings is 2. The summed E-state index contributed by atoms with van der Waals surface area (Å²) in [7, 11) is 0. The van der Waals surface area contributed by atoms with Crippen LogP contribution in [0, 0.1) is 0 Å². The molecule has 9 nitrogen and oxygen atoms in total. The molecule has 0 spiro atoms. The molecule has 2 aromatic carbocycles. The Bertz CT molecular complexity index is 1730. The summed E-state index contributed by atoms with van der Waals surface area (Å²) in [4.78, 5) is 50.3. The first-order chi connectivity index (χ1) is 20.5. The van der Waals surface area contributed by atoms with Gasteiger partial charge in [-0.1, -0.05) is 30.3 Å². The molecule has 0 unspecified atom stereocenters. The molecule has 6 rings (SSSR count). The van der Waals surface area contributed by atoms with Crippen LogP contribution in [-0.4, -0.2) is 56.7 Å². The molecule has 1 aliphatic heterocycles. The number of anilines is 2. The largest absolute Gasteiger partial charge is 0.378 e. The van der Waals surface area contributed by atoms with Crippen molar-refractivity contribution < 1.29 is 14.4 Å². The fourth-order valence-corrected chi connectivity index (χ4v) is 6.03. The molecule has 1 saturated heterocycles. The van der Waals surface area contributed by atoms with E-state index in [0.29, 0.717) is 41.4 Å². The van der Waals surface area contributed by atoms with Crippen LogP contribution < -0.4 is 10.6 Å². The fourth-order valence-electron chi connectivity index (χ4n) is 5.12. The van der Waals surface area contributed by atoms with Crippen molar-refractivity contribution in [3.8, 4) is 10.4 Å². The number of thiophene rings is 1. The molecule has 42 heavy (non-hydrogen) atoms. The summed E-state index contributed by atoms with van der Waals surface area (Å²) in [6, 6.07) is 22.5. The van der Waals surface area contributed by atoms with E-state index in [1.54, 1.807) is 24.5 Å². The first-order valence-electron chi connectivity index (χ1n) is 14.0. The van der Waals surface area contributed by atoms with Crippen LogP contribution in [-0.2, 0) is 11.3 Å². The molecule has 10 heteroatoms. The lowest BCUT2D eigenvalue weighted by atomic mass is 10.1. The maximum Gasteiger partial charge on any atom is 0.268 e. The third-order valence-electron chi connectivity index (χ3n) is 7.30. The second kappa shape index (κ2) is 12.4. The van der Waals surface area contributed by atoms with Gasteiger partial charge in [0, 0.05) is 54.6 Å². The molecule has 2 amide bonds. The van der Waals surface area contributed by atoms with Crippen molar-refractivity contribution in [1.29, 1.82) is 0 Å². The predicted molar refractivity (Wildman–Crippen MR) is 165 cm³/mol. The van der Waals surface area contributed by atoms with Gasteiger partial charge < -0.3 is 14.8 Å². The molecule has 1 fully saturated rings. The lowest BCUT2D eigenvalue weighted by Crippen LogP contribution is -2.26. The Labute approximate surface area is 247 Å². The van der Waals surface area contributed by atoms with Gasteiger partial charge in [-0.15, -0.1) is 11.3 Å². The molecular formula is C32H30N6O3S. The second-order valence-corrected chi connectivity index (χ2v) is 11.2. The first-order valence-corrected chi connectivity index (χ1v) is 14.8. The number of aryl methyl sites for hydroxylation is 1. The number of imidazole rings is 1. The zero-order valence-electron chi connectivity index (χ0n) is 23.0. The summed E-state index contributed by atoms with van der Waals surface area (Å²) in [5.74, 6) is 0.396. The molecule has 0 saturated carbocycles. The maximum absolute atomic E-state index is 13.3. The molecule has 3 aromatic heterocycles. The van der Waals surface area contributed by atoms with Gasteiger partial charge in [-0.25, -0.2) is 4.98 Å². The van der Waals surface area contributed by atoms with E-state index in [-0.39, 0.29) is 24.1 Å². The number of likely N-dealkylation sites (tertiary alicyclic amines) is 1. The maximum atomic E-state index is 13.3. The average molecular weight is 579 g/mol. The third kappa shape index (κ3) is 6.08. The summed E-state index contributed by atoms with van der Waals surface area (Å²) in [6.45, 7) is 2.19. The van der Waals surface area contributed by atoms with Crippen molar-refractivity contribution in [1.82, 2.24) is 19.4 Å². The molecule has 1 aliphatic rings. The van der Waals surface area contributed by atoms with Crippen LogP contribution in [0.25, 0.3) is 21.5 Å². The quantitative estimate of drug-likeness (QED) is 0.194. The van der Waals surface area contributed by atoms with Gasteiger partial charge in [0.2, 0.25) is 11.9 Å². The van der Waals surface area contributed by atoms with Gasteiger partial charge in [-0.2, -0.15) is 0 Å². The van der Waals surface area contributed by atoms with Gasteiger partial charge in [-0.3, -0.25) is 24.7 Å². The van der Waals surface area contributed by atoms with Gasteiger partial charge in [0.1, 0.15) is 0 Å². The Morgan fingerprint density at radius 2 is 1.79 bits per heavy atom. The van der Waals surface area contributed by atoms with Crippen LogP contribution in [0.3, 0.4) is 0 Å². The zero-order valence-corrected chi connectivity index (χ0v) is 23.8. The Kier molecular flexibility index (Phi) is 8.05. The Morgan fingerprint density at radius 1 is 0.952 bits per heavy atom. The number of rotatable bonds is 11. The van der Waals surface area contributed by atoms with Crippen molar-refractivity contribution in [2.45, 2.75) is 25.8 Å². The molecular weight excluding hydrogens is 548 g/mol. The van der Waals surface area contributed by atoms with Crippen LogP contribution in [0.2, 0.25) is 0 Å². The Morgan fingerprint density at radius 3 is 2.57 bits per heavy atom. The van der Waals surface area contributed by atoms with E-state index in [9.17, 15) is 14.4 Å². The van der Waals surface area contributed by atoms with Crippen LogP contribution in [0.4, 0.5) is 11.6 Å². The highest BCUT2D eigenvalue weighted by atomic mass is 32.1. The molecule has 0 aliphatic carbocycles. The molecule has 5 aromatic rings. The highest BCUT2D eigenvalue weighted by Gasteiger charge is 2.21. The van der Waals surface area contributed by atoms with Gasteiger partial charge in [-0.05, 0) is 60.9 Å². The van der Waals surface area contributed by atoms with Crippen LogP contribution in [0.15, 0.2) is 85.2 Å². The SMILES string of the molecule is O=C(CNc1ccc2c(c1)nc(NC(=O)c1ccc(-c3ccncc3)s1)n2CCCN1CCCC1=O)c1ccccc1. The van der Waals surface area contributed by atoms with Crippen molar-refractivity contribution in [2.24, 2.45) is 0 Å². The first kappa shape index (κ1) is 27.3. The van der Waals surface area contributed by atoms with Crippen molar-refractivity contribution >= 4 is 51.6 Å². The standard InChI is InChI=1S/C32H30N6O3S/c39-27(22-6-2-1-3-7-22)21-34-24-9-10-26-25(20-24)35-32(38(26)19-5-18-37-17-4-8-30(37)40)36-31(41)29-12-11-28(42-29)23-13-15-33-16-14-23/h1-3,6-7,9-16,20,34H,4-5,8,17-19,21H2,(H,35,36,41). The number of amides is 2. The molecule has 0 bridgehead atoms. The highest BCUT2D eigenvalue weighted by Crippen LogP contribution is 2.29. The van der Waals surface area contributed by atoms with Gasteiger partial charge in [0.25, 0.3) is 5.91 Å². The predicted octanol–water partition coefficient (Wildman–Crippen LogP) is 5.72. The van der Waals surface area contributed by atoms with E-state index in [4.69, 9.17) is 4.98 Å². The van der Waals surface area contributed by atoms with Crippen LogP contribution >= 0.6 is 11.3 Å². The summed E-state index contributed by atoms with van der Waals surface area (Å²) >= 11 is 1.41.